The fourth-order valence-electron chi connectivity index (χ4n) is 3.71. The van der Waals surface area contributed by atoms with Crippen molar-refractivity contribution in [2.24, 2.45) is 0 Å². The van der Waals surface area contributed by atoms with Crippen LogP contribution in [0.2, 0.25) is 0 Å². The molecule has 156 valence electrons. The van der Waals surface area contributed by atoms with Crippen molar-refractivity contribution in [2.75, 3.05) is 19.4 Å². The summed E-state index contributed by atoms with van der Waals surface area (Å²) in [5.41, 5.74) is 3.13. The molecule has 2 heterocycles. The number of amides is 1. The van der Waals surface area contributed by atoms with Crippen LogP contribution >= 0.6 is 0 Å². The predicted molar refractivity (Wildman–Crippen MR) is 110 cm³/mol. The smallest absolute Gasteiger partial charge is 0.253 e. The minimum absolute atomic E-state index is 0.0198. The van der Waals surface area contributed by atoms with E-state index in [0.717, 1.165) is 24.2 Å². The summed E-state index contributed by atoms with van der Waals surface area (Å²) in [5.74, 6) is -0.307. The number of aliphatic hydroxyl groups is 1. The third kappa shape index (κ3) is 4.34. The molecule has 7 nitrogen and oxygen atoms in total. The minimum atomic E-state index is -3.29. The Morgan fingerprint density at radius 2 is 2.00 bits per heavy atom. The van der Waals surface area contributed by atoms with Crippen molar-refractivity contribution in [3.8, 4) is 0 Å². The zero-order chi connectivity index (χ0) is 21.2. The number of pyridine rings is 1. The highest BCUT2D eigenvalue weighted by molar-refractivity contribution is 7.91. The molecule has 0 radical (unpaired) electrons. The van der Waals surface area contributed by atoms with Crippen molar-refractivity contribution in [1.29, 1.82) is 0 Å². The second-order valence-corrected chi connectivity index (χ2v) is 9.57. The highest BCUT2D eigenvalue weighted by Gasteiger charge is 2.28. The molecule has 2 atom stereocenters. The summed E-state index contributed by atoms with van der Waals surface area (Å²) < 4.78 is 23.9. The molecule has 2 N–H and O–H groups in total. The van der Waals surface area contributed by atoms with E-state index in [-0.39, 0.29) is 29.2 Å². The third-order valence-electron chi connectivity index (χ3n) is 5.43. The number of aromatic nitrogens is 1. The summed E-state index contributed by atoms with van der Waals surface area (Å²) in [6.45, 7) is 4.15. The van der Waals surface area contributed by atoms with Crippen molar-refractivity contribution in [1.82, 2.24) is 15.2 Å². The molecule has 0 aliphatic carbocycles. The van der Waals surface area contributed by atoms with Gasteiger partial charge in [-0.2, -0.15) is 0 Å². The van der Waals surface area contributed by atoms with Gasteiger partial charge in [0.15, 0.2) is 9.84 Å². The monoisotopic (exact) mass is 417 g/mol. The molecule has 2 aromatic rings. The van der Waals surface area contributed by atoms with Gasteiger partial charge in [0.2, 0.25) is 0 Å². The zero-order valence-electron chi connectivity index (χ0n) is 16.9. The second-order valence-electron chi connectivity index (χ2n) is 7.29. The first-order valence-corrected chi connectivity index (χ1v) is 11.4. The summed E-state index contributed by atoms with van der Waals surface area (Å²) in [6.07, 6.45) is 2.53. The molecule has 0 saturated heterocycles. The van der Waals surface area contributed by atoms with Crippen molar-refractivity contribution >= 4 is 15.7 Å². The number of sulfone groups is 1. The molecule has 1 aromatic heterocycles. The van der Waals surface area contributed by atoms with Crippen LogP contribution in [0.3, 0.4) is 0 Å². The molecule has 0 saturated carbocycles. The van der Waals surface area contributed by atoms with Gasteiger partial charge in [-0.05, 0) is 42.8 Å². The van der Waals surface area contributed by atoms with Gasteiger partial charge in [-0.1, -0.05) is 26.0 Å². The van der Waals surface area contributed by atoms with Gasteiger partial charge in [-0.3, -0.25) is 14.7 Å². The van der Waals surface area contributed by atoms with Crippen LogP contribution in [0.25, 0.3) is 0 Å². The lowest BCUT2D eigenvalue weighted by atomic mass is 10.1. The van der Waals surface area contributed by atoms with E-state index < -0.39 is 15.9 Å². The summed E-state index contributed by atoms with van der Waals surface area (Å²) in [4.78, 5) is 19.7. The van der Waals surface area contributed by atoms with Gasteiger partial charge in [0.25, 0.3) is 5.91 Å². The summed E-state index contributed by atoms with van der Waals surface area (Å²) in [6, 6.07) is 7.72. The molecule has 0 fully saturated rings. The summed E-state index contributed by atoms with van der Waals surface area (Å²) in [7, 11) is -1.25. The van der Waals surface area contributed by atoms with Crippen LogP contribution in [0, 0.1) is 0 Å². The lowest BCUT2D eigenvalue weighted by Gasteiger charge is -2.18. The van der Waals surface area contributed by atoms with Crippen LogP contribution in [0.4, 0.5) is 0 Å². The van der Waals surface area contributed by atoms with Gasteiger partial charge in [-0.15, -0.1) is 0 Å². The van der Waals surface area contributed by atoms with E-state index in [1.54, 1.807) is 25.3 Å². The first-order valence-electron chi connectivity index (χ1n) is 9.74. The number of benzene rings is 1. The first kappa shape index (κ1) is 21.4. The van der Waals surface area contributed by atoms with Crippen LogP contribution in [0.15, 0.2) is 41.4 Å². The van der Waals surface area contributed by atoms with Crippen molar-refractivity contribution in [2.45, 2.75) is 43.8 Å². The van der Waals surface area contributed by atoms with Crippen LogP contribution in [-0.4, -0.2) is 48.7 Å². The van der Waals surface area contributed by atoms with Gasteiger partial charge in [0.05, 0.1) is 40.6 Å². The van der Waals surface area contributed by atoms with Crippen molar-refractivity contribution in [3.05, 3.63) is 58.9 Å². The molecular weight excluding hydrogens is 390 g/mol. The van der Waals surface area contributed by atoms with Crippen molar-refractivity contribution in [3.63, 3.8) is 0 Å². The SMILES string of the molecule is CC[C@@H]1c2ncc(C(=O)N[C@@H](CO)c3ccc(S(=O)(=O)CC)cc3)cc2CN1C. The van der Waals surface area contributed by atoms with Gasteiger partial charge in [0.1, 0.15) is 0 Å². The topological polar surface area (TPSA) is 99.6 Å². The number of rotatable bonds is 7. The maximum Gasteiger partial charge on any atom is 0.253 e. The average Bonchev–Trinajstić information content (AvgIpc) is 3.05. The number of hydrogen-bond acceptors (Lipinski definition) is 6. The molecule has 29 heavy (non-hydrogen) atoms. The molecule has 8 heteroatoms. The Bertz CT molecular complexity index is 989. The van der Waals surface area contributed by atoms with Crippen LogP contribution in [0.5, 0.6) is 0 Å². The van der Waals surface area contributed by atoms with Gasteiger partial charge >= 0.3 is 0 Å². The predicted octanol–water partition coefficient (Wildman–Crippen LogP) is 2.24. The number of fused-ring (bicyclic) bond motifs is 1. The standard InChI is InChI=1S/C21H27N3O4S/c1-4-19-20-16(12-24(19)3)10-15(11-22-20)21(26)23-18(13-25)14-6-8-17(9-7-14)29(27,28)5-2/h6-11,18-19,25H,4-5,12-13H2,1-3H3,(H,23,26)/t18-,19+/m0/s1. The van der Waals surface area contributed by atoms with E-state index in [0.29, 0.717) is 11.1 Å². The molecule has 0 bridgehead atoms. The Kier molecular flexibility index (Phi) is 6.36. The number of carbonyl (C=O) groups excluding carboxylic acids is 1. The first-order chi connectivity index (χ1) is 13.8. The molecule has 1 amide bonds. The average molecular weight is 418 g/mol. The van der Waals surface area contributed by atoms with Gasteiger partial charge in [-0.25, -0.2) is 8.42 Å². The lowest BCUT2D eigenvalue weighted by Crippen LogP contribution is -2.31. The molecule has 0 spiro atoms. The maximum absolute atomic E-state index is 12.7. The summed E-state index contributed by atoms with van der Waals surface area (Å²) in [5, 5.41) is 12.6. The third-order valence-corrected chi connectivity index (χ3v) is 7.18. The lowest BCUT2D eigenvalue weighted by molar-refractivity contribution is 0.0915. The van der Waals surface area contributed by atoms with Crippen molar-refractivity contribution < 1.29 is 18.3 Å². The molecule has 3 rings (SSSR count). The van der Waals surface area contributed by atoms with Crippen LogP contribution in [0.1, 0.15) is 59.5 Å². The molecule has 1 aromatic carbocycles. The van der Waals surface area contributed by atoms with E-state index >= 15 is 0 Å². The summed E-state index contributed by atoms with van der Waals surface area (Å²) >= 11 is 0. The highest BCUT2D eigenvalue weighted by Crippen LogP contribution is 2.33. The highest BCUT2D eigenvalue weighted by atomic mass is 32.2. The second kappa shape index (κ2) is 8.61. The Hall–Kier alpha value is -2.29. The quantitative estimate of drug-likeness (QED) is 0.717. The maximum atomic E-state index is 12.7. The Morgan fingerprint density at radius 1 is 1.31 bits per heavy atom. The van der Waals surface area contributed by atoms with Crippen LogP contribution < -0.4 is 5.32 Å². The number of carbonyl (C=O) groups is 1. The normalized spacial score (nSPS) is 17.7. The number of aliphatic hydroxyl groups excluding tert-OH is 1. The molecular formula is C21H27N3O4S. The van der Waals surface area contributed by atoms with Gasteiger partial charge < -0.3 is 10.4 Å². The van der Waals surface area contributed by atoms with E-state index in [9.17, 15) is 18.3 Å². The molecule has 0 unspecified atom stereocenters. The van der Waals surface area contributed by atoms with E-state index in [4.69, 9.17) is 0 Å². The largest absolute Gasteiger partial charge is 0.394 e. The number of nitrogens with one attached hydrogen (secondary N) is 1. The van der Waals surface area contributed by atoms with E-state index in [2.05, 4.69) is 22.1 Å². The Morgan fingerprint density at radius 3 is 2.59 bits per heavy atom. The number of hydrogen-bond donors (Lipinski definition) is 2. The molecule has 1 aliphatic rings. The fourth-order valence-corrected chi connectivity index (χ4v) is 4.60. The fraction of sp³-hybridized carbons (Fsp3) is 0.429. The minimum Gasteiger partial charge on any atom is -0.394 e. The van der Waals surface area contributed by atoms with Crippen LogP contribution in [-0.2, 0) is 16.4 Å². The number of nitrogens with zero attached hydrogens (tertiary/aromatic N) is 2. The zero-order valence-corrected chi connectivity index (χ0v) is 17.7. The molecule has 1 aliphatic heterocycles. The van der Waals surface area contributed by atoms with E-state index in [1.165, 1.54) is 12.1 Å². The Labute approximate surface area is 171 Å². The van der Waals surface area contributed by atoms with Gasteiger partial charge in [0, 0.05) is 12.7 Å². The Balaban J connectivity index is 1.76. The van der Waals surface area contributed by atoms with E-state index in [1.807, 2.05) is 13.1 Å².